The minimum absolute atomic E-state index is 0.248. The van der Waals surface area contributed by atoms with Crippen LogP contribution in [0.15, 0.2) is 91.0 Å². The fourth-order valence-electron chi connectivity index (χ4n) is 3.17. The summed E-state index contributed by atoms with van der Waals surface area (Å²) in [7, 11) is -0.248. The molecule has 0 nitrogen and oxygen atoms in total. The largest absolute Gasteiger partial charge is 0.0625 e. The van der Waals surface area contributed by atoms with Crippen molar-refractivity contribution in [2.75, 3.05) is 6.16 Å². The SMILES string of the molecule is CC(CCc1ccccc1)CCP(c1ccccc1)c1ccccc1. The molecule has 0 spiro atoms. The Kier molecular flexibility index (Phi) is 6.83. The van der Waals surface area contributed by atoms with Gasteiger partial charge in [-0.2, -0.15) is 0 Å². The molecule has 1 unspecified atom stereocenters. The van der Waals surface area contributed by atoms with Gasteiger partial charge >= 0.3 is 0 Å². The average molecular weight is 346 g/mol. The molecule has 1 atom stereocenters. The Morgan fingerprint density at radius 2 is 1.12 bits per heavy atom. The van der Waals surface area contributed by atoms with Gasteiger partial charge in [-0.05, 0) is 55.4 Å². The summed E-state index contributed by atoms with van der Waals surface area (Å²) in [4.78, 5) is 0. The highest BCUT2D eigenvalue weighted by molar-refractivity contribution is 7.73. The molecular formula is C24H27P. The first-order valence-corrected chi connectivity index (χ1v) is 10.8. The summed E-state index contributed by atoms with van der Waals surface area (Å²) in [5.41, 5.74) is 1.46. The van der Waals surface area contributed by atoms with Gasteiger partial charge in [0.15, 0.2) is 0 Å². The van der Waals surface area contributed by atoms with Crippen molar-refractivity contribution in [3.8, 4) is 0 Å². The molecule has 0 heterocycles. The van der Waals surface area contributed by atoms with E-state index in [4.69, 9.17) is 0 Å². The van der Waals surface area contributed by atoms with E-state index in [1.807, 2.05) is 0 Å². The van der Waals surface area contributed by atoms with Gasteiger partial charge in [-0.3, -0.25) is 0 Å². The fourth-order valence-corrected chi connectivity index (χ4v) is 5.75. The van der Waals surface area contributed by atoms with Crippen molar-refractivity contribution in [1.29, 1.82) is 0 Å². The lowest BCUT2D eigenvalue weighted by Gasteiger charge is -2.21. The second-order valence-electron chi connectivity index (χ2n) is 6.74. The molecule has 0 N–H and O–H groups in total. The lowest BCUT2D eigenvalue weighted by atomic mass is 9.99. The topological polar surface area (TPSA) is 0 Å². The van der Waals surface area contributed by atoms with E-state index in [-0.39, 0.29) is 7.92 Å². The van der Waals surface area contributed by atoms with Crippen molar-refractivity contribution in [3.05, 3.63) is 96.6 Å². The van der Waals surface area contributed by atoms with Gasteiger partial charge < -0.3 is 0 Å². The summed E-state index contributed by atoms with van der Waals surface area (Å²) in [5, 5.41) is 3.00. The molecule has 0 aromatic heterocycles. The number of hydrogen-bond acceptors (Lipinski definition) is 0. The van der Waals surface area contributed by atoms with Crippen LogP contribution in [-0.4, -0.2) is 6.16 Å². The summed E-state index contributed by atoms with van der Waals surface area (Å²) in [6, 6.07) is 33.0. The van der Waals surface area contributed by atoms with Gasteiger partial charge in [0.05, 0.1) is 0 Å². The molecule has 0 saturated carbocycles. The van der Waals surface area contributed by atoms with Crippen LogP contribution in [0.2, 0.25) is 0 Å². The predicted molar refractivity (Wildman–Crippen MR) is 112 cm³/mol. The second kappa shape index (κ2) is 9.54. The molecule has 25 heavy (non-hydrogen) atoms. The molecule has 0 radical (unpaired) electrons. The van der Waals surface area contributed by atoms with E-state index in [1.165, 1.54) is 41.6 Å². The molecule has 0 saturated heterocycles. The Hall–Kier alpha value is -1.91. The van der Waals surface area contributed by atoms with Crippen LogP contribution < -0.4 is 10.6 Å². The van der Waals surface area contributed by atoms with E-state index in [0.29, 0.717) is 0 Å². The lowest BCUT2D eigenvalue weighted by molar-refractivity contribution is 0.520. The zero-order chi connectivity index (χ0) is 17.3. The van der Waals surface area contributed by atoms with Crippen LogP contribution in [0.5, 0.6) is 0 Å². The van der Waals surface area contributed by atoms with Crippen LogP contribution in [0.3, 0.4) is 0 Å². The molecule has 0 fully saturated rings. The highest BCUT2D eigenvalue weighted by Gasteiger charge is 2.14. The number of benzene rings is 3. The first kappa shape index (κ1) is 17.9. The maximum atomic E-state index is 2.41. The monoisotopic (exact) mass is 346 g/mol. The predicted octanol–water partition coefficient (Wildman–Crippen LogP) is 5.78. The summed E-state index contributed by atoms with van der Waals surface area (Å²) in [6.45, 7) is 2.41. The molecule has 3 aromatic carbocycles. The Morgan fingerprint density at radius 1 is 0.640 bits per heavy atom. The highest BCUT2D eigenvalue weighted by atomic mass is 31.1. The molecule has 3 rings (SSSR count). The first-order valence-electron chi connectivity index (χ1n) is 9.24. The van der Waals surface area contributed by atoms with Gasteiger partial charge in [0.25, 0.3) is 0 Å². The lowest BCUT2D eigenvalue weighted by Crippen LogP contribution is -2.15. The third-order valence-electron chi connectivity index (χ3n) is 4.75. The van der Waals surface area contributed by atoms with Gasteiger partial charge in [-0.15, -0.1) is 0 Å². The number of rotatable bonds is 8. The van der Waals surface area contributed by atoms with E-state index in [2.05, 4.69) is 97.9 Å². The standard InChI is InChI=1S/C24H27P/c1-21(17-18-22-11-5-2-6-12-22)19-20-25(23-13-7-3-8-14-23)24-15-9-4-10-16-24/h2-16,21H,17-20H2,1H3. The summed E-state index contributed by atoms with van der Waals surface area (Å²) in [6.07, 6.45) is 5.04. The van der Waals surface area contributed by atoms with Gasteiger partial charge in [-0.25, -0.2) is 0 Å². The second-order valence-corrected chi connectivity index (χ2v) is 9.08. The van der Waals surface area contributed by atoms with E-state index < -0.39 is 0 Å². The highest BCUT2D eigenvalue weighted by Crippen LogP contribution is 2.35. The quantitative estimate of drug-likeness (QED) is 0.454. The molecule has 1 heteroatoms. The van der Waals surface area contributed by atoms with Crippen molar-refractivity contribution < 1.29 is 0 Å². The fraction of sp³-hybridized carbons (Fsp3) is 0.250. The minimum Gasteiger partial charge on any atom is -0.0625 e. The molecule has 0 bridgehead atoms. The van der Waals surface area contributed by atoms with Gasteiger partial charge in [-0.1, -0.05) is 97.9 Å². The Bertz CT molecular complexity index is 682. The maximum Gasteiger partial charge on any atom is -0.0195 e. The summed E-state index contributed by atoms with van der Waals surface area (Å²) < 4.78 is 0. The minimum atomic E-state index is -0.248. The number of aryl methyl sites for hydroxylation is 1. The summed E-state index contributed by atoms with van der Waals surface area (Å²) >= 11 is 0. The van der Waals surface area contributed by atoms with Crippen molar-refractivity contribution in [2.45, 2.75) is 26.2 Å². The normalized spacial score (nSPS) is 12.2. The summed E-state index contributed by atoms with van der Waals surface area (Å²) in [5.74, 6) is 0.762. The zero-order valence-corrected chi connectivity index (χ0v) is 15.9. The van der Waals surface area contributed by atoms with Gasteiger partial charge in [0.2, 0.25) is 0 Å². The number of hydrogen-bond donors (Lipinski definition) is 0. The van der Waals surface area contributed by atoms with Crippen molar-refractivity contribution in [2.24, 2.45) is 5.92 Å². The van der Waals surface area contributed by atoms with Crippen LogP contribution in [0.25, 0.3) is 0 Å². The molecule has 0 aliphatic carbocycles. The average Bonchev–Trinajstić information content (AvgIpc) is 2.69. The van der Waals surface area contributed by atoms with E-state index in [9.17, 15) is 0 Å². The van der Waals surface area contributed by atoms with Crippen LogP contribution in [0.4, 0.5) is 0 Å². The Morgan fingerprint density at radius 3 is 1.64 bits per heavy atom. The van der Waals surface area contributed by atoms with E-state index in [0.717, 1.165) is 5.92 Å². The maximum absolute atomic E-state index is 2.41. The van der Waals surface area contributed by atoms with Crippen LogP contribution in [-0.2, 0) is 6.42 Å². The van der Waals surface area contributed by atoms with Crippen LogP contribution in [0.1, 0.15) is 25.3 Å². The smallest absolute Gasteiger partial charge is 0.0195 e. The first-order chi connectivity index (χ1) is 12.3. The van der Waals surface area contributed by atoms with Gasteiger partial charge in [0, 0.05) is 0 Å². The van der Waals surface area contributed by atoms with Crippen LogP contribution >= 0.6 is 7.92 Å². The Balaban J connectivity index is 1.61. The zero-order valence-electron chi connectivity index (χ0n) is 15.0. The third kappa shape index (κ3) is 5.55. The van der Waals surface area contributed by atoms with Crippen molar-refractivity contribution in [3.63, 3.8) is 0 Å². The van der Waals surface area contributed by atoms with Crippen molar-refractivity contribution in [1.82, 2.24) is 0 Å². The molecule has 128 valence electrons. The molecular weight excluding hydrogens is 319 g/mol. The van der Waals surface area contributed by atoms with E-state index >= 15 is 0 Å². The molecule has 0 aliphatic heterocycles. The van der Waals surface area contributed by atoms with Crippen LogP contribution in [0, 0.1) is 5.92 Å². The van der Waals surface area contributed by atoms with Gasteiger partial charge in [0.1, 0.15) is 0 Å². The van der Waals surface area contributed by atoms with E-state index in [1.54, 1.807) is 0 Å². The molecule has 0 amide bonds. The van der Waals surface area contributed by atoms with Crippen molar-refractivity contribution >= 4 is 18.5 Å². The Labute approximate surface area is 153 Å². The molecule has 3 aromatic rings. The molecule has 0 aliphatic rings. The third-order valence-corrected chi connectivity index (χ3v) is 7.30.